The van der Waals surface area contributed by atoms with Crippen molar-refractivity contribution in [3.63, 3.8) is 0 Å². The topological polar surface area (TPSA) is 97.0 Å². The van der Waals surface area contributed by atoms with Crippen LogP contribution in [0.1, 0.15) is 23.8 Å². The summed E-state index contributed by atoms with van der Waals surface area (Å²) in [4.78, 5) is 0.150. The van der Waals surface area contributed by atoms with E-state index >= 15 is 0 Å². The molecular formula is C16H18N4O3S. The zero-order valence-electron chi connectivity index (χ0n) is 13.2. The van der Waals surface area contributed by atoms with Gasteiger partial charge in [-0.05, 0) is 36.8 Å². The van der Waals surface area contributed by atoms with Crippen molar-refractivity contribution in [3.8, 4) is 6.07 Å². The Morgan fingerprint density at radius 3 is 2.75 bits per heavy atom. The van der Waals surface area contributed by atoms with Gasteiger partial charge in [0.1, 0.15) is 6.10 Å². The number of hydrogen-bond acceptors (Lipinski definition) is 5. The quantitative estimate of drug-likeness (QED) is 0.881. The summed E-state index contributed by atoms with van der Waals surface area (Å²) in [7, 11) is -1.77. The van der Waals surface area contributed by atoms with Gasteiger partial charge in [-0.25, -0.2) is 13.1 Å². The molecule has 0 saturated carbocycles. The van der Waals surface area contributed by atoms with Crippen molar-refractivity contribution in [2.75, 3.05) is 13.2 Å². The van der Waals surface area contributed by atoms with Gasteiger partial charge in [-0.2, -0.15) is 10.4 Å². The summed E-state index contributed by atoms with van der Waals surface area (Å²) >= 11 is 0. The standard InChI is InChI=1S/C16H18N4O3S/c1-20-15(6-8-18-20)16-13(7-9-23-16)11-19-24(21,22)14-4-2-12(10-17)3-5-14/h2-6,8,13,16,19H,7,9,11H2,1H3/t13-,16+/m0/s1. The molecule has 1 aromatic heterocycles. The average molecular weight is 346 g/mol. The lowest BCUT2D eigenvalue weighted by molar-refractivity contribution is 0.0850. The predicted octanol–water partition coefficient (Wildman–Crippen LogP) is 1.35. The Morgan fingerprint density at radius 2 is 2.12 bits per heavy atom. The third kappa shape index (κ3) is 3.33. The molecule has 0 unspecified atom stereocenters. The lowest BCUT2D eigenvalue weighted by atomic mass is 9.99. The molecule has 1 N–H and O–H groups in total. The number of sulfonamides is 1. The number of nitrogens with zero attached hydrogens (tertiary/aromatic N) is 3. The Balaban J connectivity index is 1.70. The normalized spacial score (nSPS) is 20.8. The first-order valence-corrected chi connectivity index (χ1v) is 9.09. The van der Waals surface area contributed by atoms with Crippen LogP contribution in [0, 0.1) is 17.2 Å². The molecule has 2 aromatic rings. The average Bonchev–Trinajstić information content (AvgIpc) is 3.21. The van der Waals surface area contributed by atoms with Gasteiger partial charge in [0, 0.05) is 32.3 Å². The molecule has 0 amide bonds. The molecule has 126 valence electrons. The smallest absolute Gasteiger partial charge is 0.240 e. The number of benzene rings is 1. The fraction of sp³-hybridized carbons (Fsp3) is 0.375. The highest BCUT2D eigenvalue weighted by Gasteiger charge is 2.32. The van der Waals surface area contributed by atoms with E-state index in [0.717, 1.165) is 12.1 Å². The van der Waals surface area contributed by atoms with Crippen LogP contribution in [-0.4, -0.2) is 31.3 Å². The zero-order valence-corrected chi connectivity index (χ0v) is 14.0. The maximum Gasteiger partial charge on any atom is 0.240 e. The van der Waals surface area contributed by atoms with Crippen LogP contribution in [0.2, 0.25) is 0 Å². The van der Waals surface area contributed by atoms with Gasteiger partial charge >= 0.3 is 0 Å². The summed E-state index contributed by atoms with van der Waals surface area (Å²) in [5.74, 6) is 0.0496. The number of aryl methyl sites for hydroxylation is 1. The third-order valence-electron chi connectivity index (χ3n) is 4.19. The molecule has 1 aliphatic rings. The molecule has 2 heterocycles. The molecule has 0 aliphatic carbocycles. The Kier molecular flexibility index (Phi) is 4.66. The van der Waals surface area contributed by atoms with Crippen LogP contribution in [0.15, 0.2) is 41.4 Å². The number of aromatic nitrogens is 2. The van der Waals surface area contributed by atoms with Gasteiger partial charge in [0.25, 0.3) is 0 Å². The van der Waals surface area contributed by atoms with Gasteiger partial charge in [-0.3, -0.25) is 4.68 Å². The lowest BCUT2D eigenvalue weighted by Crippen LogP contribution is -2.31. The van der Waals surface area contributed by atoms with Crippen molar-refractivity contribution >= 4 is 10.0 Å². The van der Waals surface area contributed by atoms with Crippen molar-refractivity contribution in [1.29, 1.82) is 5.26 Å². The summed E-state index contributed by atoms with van der Waals surface area (Å²) in [6.07, 6.45) is 2.32. The van der Waals surface area contributed by atoms with Crippen LogP contribution in [0.3, 0.4) is 0 Å². The summed E-state index contributed by atoms with van der Waals surface area (Å²) in [6.45, 7) is 0.886. The van der Waals surface area contributed by atoms with E-state index in [4.69, 9.17) is 10.00 Å². The highest BCUT2D eigenvalue weighted by atomic mass is 32.2. The van der Waals surface area contributed by atoms with Gasteiger partial charge in [-0.15, -0.1) is 0 Å². The van der Waals surface area contributed by atoms with E-state index < -0.39 is 10.0 Å². The molecule has 1 aliphatic heterocycles. The Labute approximate surface area is 140 Å². The fourth-order valence-corrected chi connectivity index (χ4v) is 3.94. The van der Waals surface area contributed by atoms with E-state index in [9.17, 15) is 8.42 Å². The minimum atomic E-state index is -3.61. The van der Waals surface area contributed by atoms with Crippen LogP contribution >= 0.6 is 0 Å². The highest BCUT2D eigenvalue weighted by Crippen LogP contribution is 2.33. The van der Waals surface area contributed by atoms with Crippen molar-refractivity contribution < 1.29 is 13.2 Å². The van der Waals surface area contributed by atoms with Crippen molar-refractivity contribution in [2.45, 2.75) is 17.4 Å². The number of nitrogens with one attached hydrogen (secondary N) is 1. The van der Waals surface area contributed by atoms with Crippen LogP contribution in [0.25, 0.3) is 0 Å². The first-order valence-electron chi connectivity index (χ1n) is 7.60. The SMILES string of the molecule is Cn1nccc1[C@@H]1OCC[C@H]1CNS(=O)(=O)c1ccc(C#N)cc1. The largest absolute Gasteiger partial charge is 0.372 e. The van der Waals surface area contributed by atoms with Crippen LogP contribution in [0.5, 0.6) is 0 Å². The second-order valence-electron chi connectivity index (χ2n) is 5.71. The molecule has 7 nitrogen and oxygen atoms in total. The zero-order chi connectivity index (χ0) is 17.2. The van der Waals surface area contributed by atoms with E-state index in [1.165, 1.54) is 24.3 Å². The number of rotatable bonds is 5. The van der Waals surface area contributed by atoms with Gasteiger partial charge < -0.3 is 4.74 Å². The van der Waals surface area contributed by atoms with Gasteiger partial charge in [0.15, 0.2) is 0 Å². The van der Waals surface area contributed by atoms with E-state index in [2.05, 4.69) is 9.82 Å². The third-order valence-corrected chi connectivity index (χ3v) is 5.63. The first-order chi connectivity index (χ1) is 11.5. The van der Waals surface area contributed by atoms with Gasteiger partial charge in [0.05, 0.1) is 22.2 Å². The van der Waals surface area contributed by atoms with E-state index in [-0.39, 0.29) is 23.5 Å². The molecule has 0 bridgehead atoms. The first kappa shape index (κ1) is 16.6. The van der Waals surface area contributed by atoms with Crippen molar-refractivity contribution in [2.24, 2.45) is 13.0 Å². The lowest BCUT2D eigenvalue weighted by Gasteiger charge is -2.19. The van der Waals surface area contributed by atoms with E-state index in [0.29, 0.717) is 12.2 Å². The summed E-state index contributed by atoms with van der Waals surface area (Å²) in [5.41, 5.74) is 1.37. The summed E-state index contributed by atoms with van der Waals surface area (Å²) < 4.78 is 34.9. The Morgan fingerprint density at radius 1 is 1.38 bits per heavy atom. The molecule has 0 spiro atoms. The fourth-order valence-electron chi connectivity index (χ4n) is 2.84. The van der Waals surface area contributed by atoms with E-state index in [1.54, 1.807) is 10.9 Å². The van der Waals surface area contributed by atoms with Crippen LogP contribution < -0.4 is 4.72 Å². The molecule has 1 aromatic carbocycles. The second-order valence-corrected chi connectivity index (χ2v) is 7.47. The van der Waals surface area contributed by atoms with Crippen molar-refractivity contribution in [1.82, 2.24) is 14.5 Å². The van der Waals surface area contributed by atoms with Crippen molar-refractivity contribution in [3.05, 3.63) is 47.8 Å². The minimum absolute atomic E-state index is 0.0496. The van der Waals surface area contributed by atoms with Gasteiger partial charge in [0.2, 0.25) is 10.0 Å². The molecular weight excluding hydrogens is 328 g/mol. The highest BCUT2D eigenvalue weighted by molar-refractivity contribution is 7.89. The molecule has 8 heteroatoms. The molecule has 1 saturated heterocycles. The molecule has 2 atom stereocenters. The predicted molar refractivity (Wildman–Crippen MR) is 86.4 cm³/mol. The monoisotopic (exact) mass is 346 g/mol. The summed E-state index contributed by atoms with van der Waals surface area (Å²) in [6, 6.07) is 9.71. The number of nitriles is 1. The summed E-state index contributed by atoms with van der Waals surface area (Å²) in [5, 5.41) is 12.9. The molecule has 1 fully saturated rings. The molecule has 0 radical (unpaired) electrons. The Bertz CT molecular complexity index is 852. The van der Waals surface area contributed by atoms with Gasteiger partial charge in [-0.1, -0.05) is 0 Å². The van der Waals surface area contributed by atoms with E-state index in [1.807, 2.05) is 19.2 Å². The maximum atomic E-state index is 12.4. The minimum Gasteiger partial charge on any atom is -0.372 e. The maximum absolute atomic E-state index is 12.4. The molecule has 24 heavy (non-hydrogen) atoms. The molecule has 3 rings (SSSR count). The Hall–Kier alpha value is -2.21. The second kappa shape index (κ2) is 6.73. The van der Waals surface area contributed by atoms with Crippen LogP contribution in [0.4, 0.5) is 0 Å². The van der Waals surface area contributed by atoms with Crippen LogP contribution in [-0.2, 0) is 21.8 Å². The number of hydrogen-bond donors (Lipinski definition) is 1. The number of ether oxygens (including phenoxy) is 1.